The van der Waals surface area contributed by atoms with E-state index >= 15 is 4.79 Å². The number of aliphatic hydroxyl groups excluding tert-OH is 3. The second-order valence-electron chi connectivity index (χ2n) is 20.0. The van der Waals surface area contributed by atoms with E-state index in [0.717, 1.165) is 31.3 Å². The molecule has 0 aromatic carbocycles. The van der Waals surface area contributed by atoms with Gasteiger partial charge in [0, 0.05) is 30.7 Å². The van der Waals surface area contributed by atoms with Crippen molar-refractivity contribution in [3.8, 4) is 0 Å². The molecule has 3 saturated carbocycles. The van der Waals surface area contributed by atoms with Gasteiger partial charge in [0.05, 0.1) is 54.1 Å². The van der Waals surface area contributed by atoms with E-state index in [1.165, 1.54) is 25.7 Å². The van der Waals surface area contributed by atoms with Crippen LogP contribution in [0, 0.1) is 40.4 Å². The lowest BCUT2D eigenvalue weighted by atomic mass is 9.43. The number of allylic oxidation sites excluding steroid dienone is 3. The molecule has 1 saturated heterocycles. The van der Waals surface area contributed by atoms with Crippen molar-refractivity contribution in [3.63, 3.8) is 0 Å². The van der Waals surface area contributed by atoms with Gasteiger partial charge in [0.1, 0.15) is 6.10 Å². The van der Waals surface area contributed by atoms with E-state index in [2.05, 4.69) is 38.3 Å². The number of hydrogen-bond acceptors (Lipinski definition) is 11. The number of ether oxygens (including phenoxy) is 2. The van der Waals surface area contributed by atoms with E-state index in [1.54, 1.807) is 6.92 Å². The second-order valence-corrected chi connectivity index (χ2v) is 20.0. The van der Waals surface area contributed by atoms with Crippen molar-refractivity contribution in [1.82, 2.24) is 10.6 Å². The van der Waals surface area contributed by atoms with Gasteiger partial charge in [-0.1, -0.05) is 72.3 Å². The van der Waals surface area contributed by atoms with E-state index < -0.39 is 52.4 Å². The van der Waals surface area contributed by atoms with Crippen LogP contribution < -0.4 is 16.4 Å². The van der Waals surface area contributed by atoms with E-state index in [0.29, 0.717) is 68.9 Å². The fourth-order valence-corrected chi connectivity index (χ4v) is 12.9. The number of nitrogens with two attached hydrogens (primary N) is 1. The predicted molar refractivity (Wildman–Crippen MR) is 226 cm³/mol. The van der Waals surface area contributed by atoms with Gasteiger partial charge in [0.25, 0.3) is 0 Å². The number of dihydropyridines is 1. The number of ketones is 1. The first-order valence-electron chi connectivity index (χ1n) is 23.2. The van der Waals surface area contributed by atoms with E-state index in [4.69, 9.17) is 15.2 Å². The Balaban J connectivity index is 1.38. The zero-order chi connectivity index (χ0) is 42.0. The normalized spacial score (nSPS) is 40.6. The number of carbonyl (C=O) groups is 1. The largest absolute Gasteiger partial charge is 0.392 e. The van der Waals surface area contributed by atoms with Crippen LogP contribution >= 0.6 is 0 Å². The number of Topliss-reactive ketones (excluding diaryl/α,β-unsaturated/α-hetero) is 1. The fourth-order valence-electron chi connectivity index (χ4n) is 12.9. The Kier molecular flexibility index (Phi) is 14.7. The molecule has 2 heterocycles. The molecule has 6 rings (SSSR count). The predicted octanol–water partition coefficient (Wildman–Crippen LogP) is 5.53. The lowest BCUT2D eigenvalue weighted by molar-refractivity contribution is -0.210. The molecule has 0 amide bonds. The van der Waals surface area contributed by atoms with Crippen LogP contribution in [0.3, 0.4) is 0 Å². The summed E-state index contributed by atoms with van der Waals surface area (Å²) in [7, 11) is 0. The third kappa shape index (κ3) is 8.51. The first-order valence-corrected chi connectivity index (χ1v) is 23.2. The molecule has 6 aliphatic rings. The molecular formula is C47H79N3O8. The minimum absolute atomic E-state index is 0.129. The highest BCUT2D eigenvalue weighted by atomic mass is 16.6. The van der Waals surface area contributed by atoms with Gasteiger partial charge in [-0.05, 0) is 124 Å². The highest BCUT2D eigenvalue weighted by Crippen LogP contribution is 2.70. The quantitative estimate of drug-likeness (QED) is 0.0768. The molecule has 4 aliphatic carbocycles. The lowest BCUT2D eigenvalue weighted by Crippen LogP contribution is -2.66. The third-order valence-electron chi connectivity index (χ3n) is 16.2. The van der Waals surface area contributed by atoms with Gasteiger partial charge in [0.15, 0.2) is 5.78 Å². The fraction of sp³-hybridized carbons (Fsp3) is 0.851. The van der Waals surface area contributed by atoms with Crippen LogP contribution in [0.15, 0.2) is 35.2 Å². The zero-order valence-corrected chi connectivity index (χ0v) is 36.6. The van der Waals surface area contributed by atoms with Gasteiger partial charge < -0.3 is 51.4 Å². The zero-order valence-electron chi connectivity index (χ0n) is 36.6. The van der Waals surface area contributed by atoms with Crippen LogP contribution in [0.25, 0.3) is 0 Å². The summed E-state index contributed by atoms with van der Waals surface area (Å²) < 4.78 is 13.4. The number of nitrogens with one attached hydrogen (secondary N) is 2. The van der Waals surface area contributed by atoms with Crippen LogP contribution in [0.1, 0.15) is 144 Å². The maximum absolute atomic E-state index is 15.1. The molecule has 0 aromatic rings. The van der Waals surface area contributed by atoms with Crippen LogP contribution in [-0.2, 0) is 14.3 Å². The van der Waals surface area contributed by atoms with E-state index in [-0.39, 0.29) is 55.2 Å². The number of rotatable bonds is 19. The maximum atomic E-state index is 15.1. The first kappa shape index (κ1) is 45.7. The Morgan fingerprint density at radius 1 is 1.09 bits per heavy atom. The molecule has 4 fully saturated rings. The molecule has 9 N–H and O–H groups in total. The van der Waals surface area contributed by atoms with Crippen LogP contribution in [0.2, 0.25) is 0 Å². The van der Waals surface area contributed by atoms with Crippen LogP contribution in [0.4, 0.5) is 0 Å². The van der Waals surface area contributed by atoms with Crippen molar-refractivity contribution < 1.29 is 39.8 Å². The average molecular weight is 814 g/mol. The van der Waals surface area contributed by atoms with E-state index in [1.807, 2.05) is 25.3 Å². The summed E-state index contributed by atoms with van der Waals surface area (Å²) in [5.74, 6) is -0.797. The minimum atomic E-state index is -1.46. The molecule has 15 atom stereocenters. The van der Waals surface area contributed by atoms with Gasteiger partial charge in [0.2, 0.25) is 0 Å². The van der Waals surface area contributed by atoms with Gasteiger partial charge in [-0.2, -0.15) is 0 Å². The van der Waals surface area contributed by atoms with Crippen molar-refractivity contribution in [2.45, 2.75) is 192 Å². The Morgan fingerprint density at radius 2 is 1.83 bits per heavy atom. The highest BCUT2D eigenvalue weighted by Gasteiger charge is 2.71. The Bertz CT molecular complexity index is 1510. The molecule has 330 valence electrons. The molecule has 0 spiro atoms. The minimum Gasteiger partial charge on any atom is -0.392 e. The smallest absolute Gasteiger partial charge is 0.182 e. The molecule has 2 aliphatic heterocycles. The van der Waals surface area contributed by atoms with Crippen LogP contribution in [-0.4, -0.2) is 99.0 Å². The maximum Gasteiger partial charge on any atom is 0.182 e. The molecule has 15 unspecified atom stereocenters. The van der Waals surface area contributed by atoms with Crippen LogP contribution in [0.5, 0.6) is 0 Å². The monoisotopic (exact) mass is 814 g/mol. The first-order chi connectivity index (χ1) is 27.6. The topological polar surface area (TPSA) is 187 Å². The van der Waals surface area contributed by atoms with Crippen molar-refractivity contribution in [1.29, 1.82) is 0 Å². The molecular weight excluding hydrogens is 735 g/mol. The summed E-state index contributed by atoms with van der Waals surface area (Å²) >= 11 is 0. The lowest BCUT2D eigenvalue weighted by Gasteiger charge is -2.62. The van der Waals surface area contributed by atoms with Gasteiger partial charge >= 0.3 is 0 Å². The SMILES string of the molecule is CCCCCCC1COC(C(OCCCCC)C(C)(O)C2CCC3(O)C4=C(NCC(C)O)C(=O)C5CC(O)C(O)CC5(CCC5=CNC(N)C=C5)C4CCC23C)C1C. The van der Waals surface area contributed by atoms with Crippen molar-refractivity contribution in [2.75, 3.05) is 19.8 Å². The third-order valence-corrected chi connectivity index (χ3v) is 16.2. The van der Waals surface area contributed by atoms with Gasteiger partial charge in [-0.15, -0.1) is 0 Å². The molecule has 0 radical (unpaired) electrons. The molecule has 0 aromatic heterocycles. The van der Waals surface area contributed by atoms with Crippen molar-refractivity contribution >= 4 is 5.78 Å². The van der Waals surface area contributed by atoms with Gasteiger partial charge in [-0.25, -0.2) is 0 Å². The molecule has 58 heavy (non-hydrogen) atoms. The van der Waals surface area contributed by atoms with E-state index in [9.17, 15) is 25.5 Å². The number of hydrogen-bond donors (Lipinski definition) is 8. The summed E-state index contributed by atoms with van der Waals surface area (Å²) in [6.45, 7) is 13.7. The summed E-state index contributed by atoms with van der Waals surface area (Å²) in [6.07, 6.45) is 14.5. The molecule has 11 heteroatoms. The highest BCUT2D eigenvalue weighted by molar-refractivity contribution is 6.00. The molecule has 11 nitrogen and oxygen atoms in total. The van der Waals surface area contributed by atoms with Crippen molar-refractivity contribution in [2.24, 2.45) is 46.2 Å². The Morgan fingerprint density at radius 3 is 2.52 bits per heavy atom. The number of carbonyl (C=O) groups excluding carboxylic acids is 1. The summed E-state index contributed by atoms with van der Waals surface area (Å²) in [4.78, 5) is 15.1. The molecule has 0 bridgehead atoms. The number of fused-ring (bicyclic) bond motifs is 5. The number of aliphatic hydroxyl groups is 5. The summed E-state index contributed by atoms with van der Waals surface area (Å²) in [5.41, 5.74) is 3.72. The Hall–Kier alpha value is -1.83. The second kappa shape index (κ2) is 18.6. The Labute approximate surface area is 348 Å². The standard InChI is InChI=1S/C47H79N3O8/c1-7-9-11-12-14-32-28-58-42(30(32)4)43(57-23-13-10-8-2)45(6,55)37-19-22-47(56)39-33(18-20-44(37,47)5)46(21-17-31-15-16-38(48)49-27-31)25-36(53)35(52)24-34(46)41(54)40(39)50-26-29(3)51/h15-16,27,29-30,32-38,42-43,49-53,55-56H,7-14,17-26,28,48H2,1-6H3. The summed E-state index contributed by atoms with van der Waals surface area (Å²) in [6, 6.07) is 0. The summed E-state index contributed by atoms with van der Waals surface area (Å²) in [5, 5.41) is 66.2. The van der Waals surface area contributed by atoms with Crippen molar-refractivity contribution in [3.05, 3.63) is 35.2 Å². The number of unbranched alkanes of at least 4 members (excludes halogenated alkanes) is 5. The van der Waals surface area contributed by atoms with Gasteiger partial charge in [-0.3, -0.25) is 4.79 Å². The average Bonchev–Trinajstić information content (AvgIpc) is 3.69.